The molecule has 0 amide bonds. The molecule has 1 aliphatic carbocycles. The standard InChI is InChI=1S/C26H19ClO2/c1-16-7-11-18(12-8-16)22(19-13-9-17(2)10-14-19)15-23-20-5-3-4-6-21(20)25(28)26(29)24(23)27/h3-15H,1-2H3. The zero-order valence-electron chi connectivity index (χ0n) is 16.2. The van der Waals surface area contributed by atoms with Gasteiger partial charge in [-0.1, -0.05) is 95.5 Å². The lowest BCUT2D eigenvalue weighted by Crippen LogP contribution is -2.21. The van der Waals surface area contributed by atoms with Crippen molar-refractivity contribution in [3.63, 3.8) is 0 Å². The number of carbonyl (C=O) groups excluding carboxylic acids is 2. The maximum Gasteiger partial charge on any atom is 0.245 e. The third kappa shape index (κ3) is 3.59. The molecular formula is C26H19ClO2. The van der Waals surface area contributed by atoms with Crippen LogP contribution in [0.15, 0.2) is 83.9 Å². The van der Waals surface area contributed by atoms with E-state index in [1.807, 2.05) is 32.1 Å². The summed E-state index contributed by atoms with van der Waals surface area (Å²) in [5.74, 6) is -1.22. The number of hydrogen-bond acceptors (Lipinski definition) is 2. The first-order valence-corrected chi connectivity index (χ1v) is 9.77. The monoisotopic (exact) mass is 398 g/mol. The van der Waals surface area contributed by atoms with Crippen molar-refractivity contribution in [1.29, 1.82) is 0 Å². The van der Waals surface area contributed by atoms with E-state index >= 15 is 0 Å². The van der Waals surface area contributed by atoms with Crippen LogP contribution in [-0.4, -0.2) is 11.6 Å². The van der Waals surface area contributed by atoms with Crippen LogP contribution in [-0.2, 0) is 4.79 Å². The number of ketones is 2. The normalized spacial score (nSPS) is 13.3. The van der Waals surface area contributed by atoms with Crippen molar-refractivity contribution in [2.45, 2.75) is 13.8 Å². The highest BCUT2D eigenvalue weighted by molar-refractivity contribution is 6.64. The number of carbonyl (C=O) groups is 2. The van der Waals surface area contributed by atoms with Gasteiger partial charge in [0.25, 0.3) is 0 Å². The summed E-state index contributed by atoms with van der Waals surface area (Å²) in [7, 11) is 0. The Morgan fingerprint density at radius 1 is 0.690 bits per heavy atom. The summed E-state index contributed by atoms with van der Waals surface area (Å²) in [6.45, 7) is 4.08. The van der Waals surface area contributed by atoms with Crippen molar-refractivity contribution in [1.82, 2.24) is 0 Å². The number of fused-ring (bicyclic) bond motifs is 1. The van der Waals surface area contributed by atoms with E-state index in [9.17, 15) is 9.59 Å². The first kappa shape index (κ1) is 19.1. The maximum absolute atomic E-state index is 12.5. The van der Waals surface area contributed by atoms with Gasteiger partial charge in [-0.25, -0.2) is 0 Å². The average molecular weight is 399 g/mol. The van der Waals surface area contributed by atoms with Crippen molar-refractivity contribution in [2.24, 2.45) is 0 Å². The molecule has 1 aliphatic rings. The van der Waals surface area contributed by atoms with Gasteiger partial charge in [-0.3, -0.25) is 9.59 Å². The lowest BCUT2D eigenvalue weighted by molar-refractivity contribution is -0.111. The minimum atomic E-state index is -0.663. The predicted molar refractivity (Wildman–Crippen MR) is 118 cm³/mol. The summed E-state index contributed by atoms with van der Waals surface area (Å²) < 4.78 is 0. The summed E-state index contributed by atoms with van der Waals surface area (Å²) in [5, 5.41) is -0.0366. The molecule has 4 rings (SSSR count). The van der Waals surface area contributed by atoms with Crippen LogP contribution < -0.4 is 0 Å². The summed E-state index contributed by atoms with van der Waals surface area (Å²) in [5.41, 5.74) is 6.94. The number of halogens is 1. The van der Waals surface area contributed by atoms with Crippen LogP contribution in [0.1, 0.15) is 38.2 Å². The van der Waals surface area contributed by atoms with Crippen LogP contribution in [0.5, 0.6) is 0 Å². The molecule has 3 aromatic rings. The van der Waals surface area contributed by atoms with Crippen LogP contribution in [0, 0.1) is 13.8 Å². The van der Waals surface area contributed by atoms with Crippen LogP contribution in [0.3, 0.4) is 0 Å². The first-order chi connectivity index (χ1) is 14.0. The Labute approximate surface area is 175 Å². The van der Waals surface area contributed by atoms with Gasteiger partial charge in [-0.05, 0) is 42.2 Å². The van der Waals surface area contributed by atoms with Crippen molar-refractivity contribution in [2.75, 3.05) is 0 Å². The second kappa shape index (κ2) is 7.65. The summed E-state index contributed by atoms with van der Waals surface area (Å²) >= 11 is 6.39. The highest BCUT2D eigenvalue weighted by atomic mass is 35.5. The second-order valence-corrected chi connectivity index (χ2v) is 7.60. The van der Waals surface area contributed by atoms with Gasteiger partial charge in [0, 0.05) is 11.1 Å². The molecule has 3 aromatic carbocycles. The molecular weight excluding hydrogens is 380 g/mol. The number of aryl methyl sites for hydroxylation is 2. The Balaban J connectivity index is 1.97. The quantitative estimate of drug-likeness (QED) is 0.496. The number of allylic oxidation sites excluding steroid dienone is 3. The largest absolute Gasteiger partial charge is 0.285 e. The fourth-order valence-electron chi connectivity index (χ4n) is 3.46. The van der Waals surface area contributed by atoms with Crippen molar-refractivity contribution >= 4 is 34.3 Å². The molecule has 2 nitrogen and oxygen atoms in total. The van der Waals surface area contributed by atoms with Gasteiger partial charge in [0.2, 0.25) is 11.6 Å². The zero-order valence-corrected chi connectivity index (χ0v) is 17.0. The van der Waals surface area contributed by atoms with Gasteiger partial charge < -0.3 is 0 Å². The number of rotatable bonds is 3. The molecule has 0 saturated heterocycles. The maximum atomic E-state index is 12.5. The van der Waals surface area contributed by atoms with Crippen LogP contribution in [0.4, 0.5) is 0 Å². The lowest BCUT2D eigenvalue weighted by Gasteiger charge is -2.18. The number of Topliss-reactive ketones (excluding diaryl/α,β-unsaturated/α-hetero) is 2. The predicted octanol–water partition coefficient (Wildman–Crippen LogP) is 6.15. The molecule has 0 atom stereocenters. The highest BCUT2D eigenvalue weighted by Crippen LogP contribution is 2.36. The fraction of sp³-hybridized carbons (Fsp3) is 0.0769. The summed E-state index contributed by atoms with van der Waals surface area (Å²) in [4.78, 5) is 24.9. The molecule has 0 aromatic heterocycles. The SMILES string of the molecule is Cc1ccc(C(=CC2=C(Cl)C(=O)C(=O)c3ccccc32)c2ccc(C)cc2)cc1. The average Bonchev–Trinajstić information content (AvgIpc) is 2.74. The van der Waals surface area contributed by atoms with Crippen LogP contribution in [0.2, 0.25) is 0 Å². The Hall–Kier alpha value is -3.23. The Morgan fingerprint density at radius 3 is 1.69 bits per heavy atom. The third-order valence-electron chi connectivity index (χ3n) is 5.12. The summed E-state index contributed by atoms with van der Waals surface area (Å²) in [6, 6.07) is 23.5. The van der Waals surface area contributed by atoms with Crippen molar-refractivity contribution in [3.8, 4) is 0 Å². The van der Waals surface area contributed by atoms with Gasteiger partial charge in [-0.15, -0.1) is 0 Å². The molecule has 29 heavy (non-hydrogen) atoms. The van der Waals surface area contributed by atoms with Gasteiger partial charge in [0.15, 0.2) is 0 Å². The van der Waals surface area contributed by atoms with E-state index in [0.29, 0.717) is 16.7 Å². The molecule has 0 spiro atoms. The second-order valence-electron chi connectivity index (χ2n) is 7.22. The minimum absolute atomic E-state index is 0.0366. The third-order valence-corrected chi connectivity index (χ3v) is 5.49. The van der Waals surface area contributed by atoms with Gasteiger partial charge in [0.05, 0.1) is 5.03 Å². The summed E-state index contributed by atoms with van der Waals surface area (Å²) in [6.07, 6.45) is 1.92. The molecule has 142 valence electrons. The van der Waals surface area contributed by atoms with Gasteiger partial charge in [0.1, 0.15) is 0 Å². The van der Waals surface area contributed by atoms with E-state index in [1.165, 1.54) is 0 Å². The van der Waals surface area contributed by atoms with Crippen molar-refractivity contribution < 1.29 is 9.59 Å². The Morgan fingerprint density at radius 2 is 1.17 bits per heavy atom. The molecule has 0 bridgehead atoms. The smallest absolute Gasteiger partial charge is 0.245 e. The number of benzene rings is 3. The highest BCUT2D eigenvalue weighted by Gasteiger charge is 2.31. The Kier molecular flexibility index (Phi) is 5.04. The van der Waals surface area contributed by atoms with E-state index in [2.05, 4.69) is 48.5 Å². The molecule has 0 N–H and O–H groups in total. The molecule has 3 heteroatoms. The number of hydrogen-bond donors (Lipinski definition) is 0. The molecule has 0 fully saturated rings. The van der Waals surface area contributed by atoms with E-state index in [0.717, 1.165) is 27.8 Å². The van der Waals surface area contributed by atoms with E-state index in [-0.39, 0.29) is 5.03 Å². The zero-order chi connectivity index (χ0) is 20.5. The minimum Gasteiger partial charge on any atom is -0.285 e. The molecule has 0 radical (unpaired) electrons. The first-order valence-electron chi connectivity index (χ1n) is 9.39. The van der Waals surface area contributed by atoms with E-state index in [4.69, 9.17) is 11.6 Å². The molecule has 0 unspecified atom stereocenters. The van der Waals surface area contributed by atoms with Crippen LogP contribution in [0.25, 0.3) is 11.1 Å². The van der Waals surface area contributed by atoms with Crippen molar-refractivity contribution in [3.05, 3.63) is 117 Å². The van der Waals surface area contributed by atoms with Gasteiger partial charge >= 0.3 is 0 Å². The molecule has 0 aliphatic heterocycles. The molecule has 0 saturated carbocycles. The molecule has 0 heterocycles. The van der Waals surface area contributed by atoms with Crippen LogP contribution >= 0.6 is 11.6 Å². The van der Waals surface area contributed by atoms with E-state index in [1.54, 1.807) is 12.1 Å². The van der Waals surface area contributed by atoms with Gasteiger partial charge in [-0.2, -0.15) is 0 Å². The fourth-order valence-corrected chi connectivity index (χ4v) is 3.71. The lowest BCUT2D eigenvalue weighted by atomic mass is 9.86. The Bertz CT molecular complexity index is 1130. The van der Waals surface area contributed by atoms with E-state index < -0.39 is 11.6 Å². The topological polar surface area (TPSA) is 34.1 Å².